The highest BCUT2D eigenvalue weighted by molar-refractivity contribution is 5.78. The van der Waals surface area contributed by atoms with E-state index in [-0.39, 0.29) is 11.9 Å². The van der Waals surface area contributed by atoms with Crippen LogP contribution in [0.25, 0.3) is 0 Å². The van der Waals surface area contributed by atoms with Crippen molar-refractivity contribution in [2.45, 2.75) is 39.0 Å². The lowest BCUT2D eigenvalue weighted by Gasteiger charge is -2.34. The Bertz CT molecular complexity index is 552. The molecule has 1 aromatic carbocycles. The zero-order chi connectivity index (χ0) is 18.4. The fourth-order valence-corrected chi connectivity index (χ4v) is 2.79. The van der Waals surface area contributed by atoms with E-state index in [0.29, 0.717) is 13.1 Å². The molecular formula is C18H26F3N3O. The smallest absolute Gasteiger partial charge is 0.353 e. The van der Waals surface area contributed by atoms with Crippen molar-refractivity contribution in [2.75, 3.05) is 32.7 Å². The molecule has 0 aliphatic carbocycles. The van der Waals surface area contributed by atoms with Crippen LogP contribution < -0.4 is 5.32 Å². The molecule has 1 saturated heterocycles. The predicted molar refractivity (Wildman–Crippen MR) is 91.1 cm³/mol. The summed E-state index contributed by atoms with van der Waals surface area (Å²) in [5.41, 5.74) is 0.254. The standard InChI is InChI=1S/C18H26F3N3O/c1-3-14(2)22-17(25)13-24-10-8-23(9-11-24)12-15-4-6-16(7-5-15)18(19,20)21/h4-7,14H,3,8-13H2,1-2H3,(H,22,25). The summed E-state index contributed by atoms with van der Waals surface area (Å²) in [5.74, 6) is 0.0468. The molecule has 0 aromatic heterocycles. The Morgan fingerprint density at radius 3 is 2.20 bits per heavy atom. The Labute approximate surface area is 147 Å². The van der Waals surface area contributed by atoms with Crippen molar-refractivity contribution in [3.05, 3.63) is 35.4 Å². The highest BCUT2D eigenvalue weighted by atomic mass is 19.4. The number of nitrogens with zero attached hydrogens (tertiary/aromatic N) is 2. The van der Waals surface area contributed by atoms with Crippen LogP contribution in [0.1, 0.15) is 31.4 Å². The Kier molecular flexibility index (Phi) is 6.84. The molecule has 0 saturated carbocycles. The van der Waals surface area contributed by atoms with Crippen LogP contribution in [-0.2, 0) is 17.5 Å². The van der Waals surface area contributed by atoms with Gasteiger partial charge in [-0.3, -0.25) is 14.6 Å². The minimum absolute atomic E-state index is 0.0468. The van der Waals surface area contributed by atoms with Crippen molar-refractivity contribution in [3.63, 3.8) is 0 Å². The third-order valence-electron chi connectivity index (χ3n) is 4.54. The molecule has 1 atom stereocenters. The van der Waals surface area contributed by atoms with Crippen LogP contribution in [0.15, 0.2) is 24.3 Å². The number of rotatable bonds is 6. The SMILES string of the molecule is CCC(C)NC(=O)CN1CCN(Cc2ccc(C(F)(F)F)cc2)CC1. The topological polar surface area (TPSA) is 35.6 Å². The number of hydrogen-bond acceptors (Lipinski definition) is 3. The van der Waals surface area contributed by atoms with Gasteiger partial charge in [0, 0.05) is 38.8 Å². The highest BCUT2D eigenvalue weighted by Crippen LogP contribution is 2.29. The number of carbonyl (C=O) groups excluding carboxylic acids is 1. The number of nitrogens with one attached hydrogen (secondary N) is 1. The van der Waals surface area contributed by atoms with Crippen molar-refractivity contribution in [2.24, 2.45) is 0 Å². The van der Waals surface area contributed by atoms with Crippen LogP contribution in [0.2, 0.25) is 0 Å². The number of piperazine rings is 1. The lowest BCUT2D eigenvalue weighted by Crippen LogP contribution is -2.49. The van der Waals surface area contributed by atoms with Gasteiger partial charge in [-0.05, 0) is 31.0 Å². The molecule has 7 heteroatoms. The Balaban J connectivity index is 1.76. The average molecular weight is 357 g/mol. The second-order valence-electron chi connectivity index (χ2n) is 6.62. The van der Waals surface area contributed by atoms with Crippen LogP contribution in [0, 0.1) is 0 Å². The molecule has 1 heterocycles. The largest absolute Gasteiger partial charge is 0.416 e. The first-order chi connectivity index (χ1) is 11.8. The lowest BCUT2D eigenvalue weighted by atomic mass is 10.1. The molecule has 0 bridgehead atoms. The molecule has 4 nitrogen and oxygen atoms in total. The number of hydrogen-bond donors (Lipinski definition) is 1. The first-order valence-electron chi connectivity index (χ1n) is 8.68. The van der Waals surface area contributed by atoms with E-state index in [2.05, 4.69) is 15.1 Å². The lowest BCUT2D eigenvalue weighted by molar-refractivity contribution is -0.137. The highest BCUT2D eigenvalue weighted by Gasteiger charge is 2.30. The molecule has 1 N–H and O–H groups in total. The van der Waals surface area contributed by atoms with Gasteiger partial charge >= 0.3 is 6.18 Å². The van der Waals surface area contributed by atoms with Crippen LogP contribution in [0.4, 0.5) is 13.2 Å². The summed E-state index contributed by atoms with van der Waals surface area (Å²) in [6, 6.07) is 5.52. The molecule has 1 aliphatic rings. The second kappa shape index (κ2) is 8.67. The maximum absolute atomic E-state index is 12.6. The van der Waals surface area contributed by atoms with Gasteiger partial charge in [0.15, 0.2) is 0 Å². The van der Waals surface area contributed by atoms with Gasteiger partial charge in [0.25, 0.3) is 0 Å². The monoisotopic (exact) mass is 357 g/mol. The molecule has 0 spiro atoms. The fourth-order valence-electron chi connectivity index (χ4n) is 2.79. The fraction of sp³-hybridized carbons (Fsp3) is 0.611. The van der Waals surface area contributed by atoms with E-state index in [0.717, 1.165) is 50.3 Å². The molecule has 1 aromatic rings. The minimum atomic E-state index is -4.29. The van der Waals surface area contributed by atoms with Gasteiger partial charge in [-0.15, -0.1) is 0 Å². The molecular weight excluding hydrogens is 331 g/mol. The van der Waals surface area contributed by atoms with E-state index in [9.17, 15) is 18.0 Å². The van der Waals surface area contributed by atoms with E-state index in [1.165, 1.54) is 12.1 Å². The molecule has 0 radical (unpaired) electrons. The predicted octanol–water partition coefficient (Wildman–Crippen LogP) is 2.74. The molecule has 2 rings (SSSR count). The van der Waals surface area contributed by atoms with Gasteiger partial charge in [0.05, 0.1) is 12.1 Å². The average Bonchev–Trinajstić information content (AvgIpc) is 2.56. The normalized spacial score (nSPS) is 18.1. The van der Waals surface area contributed by atoms with Crippen LogP contribution in [0.3, 0.4) is 0 Å². The van der Waals surface area contributed by atoms with Gasteiger partial charge in [-0.25, -0.2) is 0 Å². The number of halogens is 3. The molecule has 1 aliphatic heterocycles. The Morgan fingerprint density at radius 2 is 1.68 bits per heavy atom. The van der Waals surface area contributed by atoms with Crippen molar-refractivity contribution in [1.29, 1.82) is 0 Å². The number of benzene rings is 1. The van der Waals surface area contributed by atoms with Gasteiger partial charge in [0.1, 0.15) is 0 Å². The van der Waals surface area contributed by atoms with Crippen LogP contribution in [0.5, 0.6) is 0 Å². The Morgan fingerprint density at radius 1 is 1.12 bits per heavy atom. The number of amides is 1. The van der Waals surface area contributed by atoms with Crippen molar-refractivity contribution in [3.8, 4) is 0 Å². The summed E-state index contributed by atoms with van der Waals surface area (Å²) in [4.78, 5) is 16.2. The van der Waals surface area contributed by atoms with Gasteiger partial charge in [-0.1, -0.05) is 19.1 Å². The zero-order valence-electron chi connectivity index (χ0n) is 14.8. The first kappa shape index (κ1) is 19.7. The number of carbonyl (C=O) groups is 1. The van der Waals surface area contributed by atoms with Crippen LogP contribution in [-0.4, -0.2) is 54.5 Å². The maximum Gasteiger partial charge on any atom is 0.416 e. The second-order valence-corrected chi connectivity index (χ2v) is 6.62. The Hall–Kier alpha value is -1.60. The summed E-state index contributed by atoms with van der Waals surface area (Å²) in [6.45, 7) is 8.23. The maximum atomic E-state index is 12.6. The van der Waals surface area contributed by atoms with Crippen molar-refractivity contribution in [1.82, 2.24) is 15.1 Å². The van der Waals surface area contributed by atoms with Gasteiger partial charge in [0.2, 0.25) is 5.91 Å². The molecule has 140 valence electrons. The third kappa shape index (κ3) is 6.32. The van der Waals surface area contributed by atoms with Crippen molar-refractivity contribution >= 4 is 5.91 Å². The zero-order valence-corrected chi connectivity index (χ0v) is 14.8. The van der Waals surface area contributed by atoms with E-state index in [1.807, 2.05) is 13.8 Å². The van der Waals surface area contributed by atoms with Gasteiger partial charge < -0.3 is 5.32 Å². The molecule has 1 amide bonds. The van der Waals surface area contributed by atoms with E-state index < -0.39 is 11.7 Å². The summed E-state index contributed by atoms with van der Waals surface area (Å²) in [5, 5.41) is 2.96. The molecule has 1 fully saturated rings. The summed E-state index contributed by atoms with van der Waals surface area (Å²) >= 11 is 0. The van der Waals surface area contributed by atoms with E-state index in [4.69, 9.17) is 0 Å². The van der Waals surface area contributed by atoms with E-state index in [1.54, 1.807) is 0 Å². The molecule has 1 unspecified atom stereocenters. The molecule has 25 heavy (non-hydrogen) atoms. The van der Waals surface area contributed by atoms with Crippen molar-refractivity contribution < 1.29 is 18.0 Å². The van der Waals surface area contributed by atoms with E-state index >= 15 is 0 Å². The minimum Gasteiger partial charge on any atom is -0.353 e. The summed E-state index contributed by atoms with van der Waals surface area (Å²) < 4.78 is 37.7. The first-order valence-corrected chi connectivity index (χ1v) is 8.68. The van der Waals surface area contributed by atoms with Crippen LogP contribution >= 0.6 is 0 Å². The number of alkyl halides is 3. The summed E-state index contributed by atoms with van der Waals surface area (Å²) in [7, 11) is 0. The summed E-state index contributed by atoms with van der Waals surface area (Å²) in [6.07, 6.45) is -3.38. The quantitative estimate of drug-likeness (QED) is 0.850. The third-order valence-corrected chi connectivity index (χ3v) is 4.54. The van der Waals surface area contributed by atoms with Gasteiger partial charge in [-0.2, -0.15) is 13.2 Å².